The molecule has 0 saturated carbocycles. The van der Waals surface area contributed by atoms with Gasteiger partial charge in [0.1, 0.15) is 0 Å². The highest BCUT2D eigenvalue weighted by atomic mass is 32.1. The van der Waals surface area contributed by atoms with E-state index < -0.39 is 0 Å². The highest BCUT2D eigenvalue weighted by Gasteiger charge is 2.30. The van der Waals surface area contributed by atoms with Crippen molar-refractivity contribution in [3.63, 3.8) is 0 Å². The number of hydrogen-bond acceptors (Lipinski definition) is 2. The standard InChI is InChI=1S/C16H27N3S/c1-13(10-14-6-5-9-20-14)11-18-15(17-4)19-8-7-16(2,3)12-19/h5-6,9,13H,7-8,10-12H2,1-4H3,(H,17,18). The second-order valence-electron chi connectivity index (χ2n) is 6.65. The fourth-order valence-corrected chi connectivity index (χ4v) is 3.61. The van der Waals surface area contributed by atoms with Crippen LogP contribution in [0, 0.1) is 11.3 Å². The molecule has 1 N–H and O–H groups in total. The van der Waals surface area contributed by atoms with E-state index in [2.05, 4.69) is 53.5 Å². The van der Waals surface area contributed by atoms with Gasteiger partial charge in [0.15, 0.2) is 5.96 Å². The first-order valence-electron chi connectivity index (χ1n) is 7.48. The molecule has 112 valence electrons. The highest BCUT2D eigenvalue weighted by molar-refractivity contribution is 7.09. The molecule has 0 bridgehead atoms. The van der Waals surface area contributed by atoms with Crippen LogP contribution < -0.4 is 5.32 Å². The zero-order valence-corrected chi connectivity index (χ0v) is 14.0. The van der Waals surface area contributed by atoms with Gasteiger partial charge in [0.25, 0.3) is 0 Å². The van der Waals surface area contributed by atoms with E-state index in [4.69, 9.17) is 0 Å². The number of hydrogen-bond donors (Lipinski definition) is 1. The minimum atomic E-state index is 0.417. The second kappa shape index (κ2) is 6.61. The molecule has 0 aromatic carbocycles. The van der Waals surface area contributed by atoms with Crippen LogP contribution in [-0.2, 0) is 6.42 Å². The van der Waals surface area contributed by atoms with Gasteiger partial charge in [0, 0.05) is 31.6 Å². The van der Waals surface area contributed by atoms with Gasteiger partial charge in [-0.15, -0.1) is 11.3 Å². The van der Waals surface area contributed by atoms with Crippen LogP contribution in [0.4, 0.5) is 0 Å². The van der Waals surface area contributed by atoms with Crippen molar-refractivity contribution in [3.05, 3.63) is 22.4 Å². The largest absolute Gasteiger partial charge is 0.356 e. The van der Waals surface area contributed by atoms with Crippen molar-refractivity contribution in [3.8, 4) is 0 Å². The zero-order valence-electron chi connectivity index (χ0n) is 13.1. The molecule has 1 aromatic rings. The van der Waals surface area contributed by atoms with Gasteiger partial charge in [-0.2, -0.15) is 0 Å². The lowest BCUT2D eigenvalue weighted by atomic mass is 9.93. The van der Waals surface area contributed by atoms with E-state index in [1.54, 1.807) is 0 Å². The van der Waals surface area contributed by atoms with Crippen LogP contribution in [0.15, 0.2) is 22.5 Å². The fourth-order valence-electron chi connectivity index (χ4n) is 2.74. The molecule has 1 atom stereocenters. The molecule has 1 aromatic heterocycles. The Labute approximate surface area is 127 Å². The summed E-state index contributed by atoms with van der Waals surface area (Å²) >= 11 is 1.85. The van der Waals surface area contributed by atoms with Gasteiger partial charge < -0.3 is 10.2 Å². The summed E-state index contributed by atoms with van der Waals surface area (Å²) in [4.78, 5) is 8.29. The molecule has 3 nitrogen and oxygen atoms in total. The van der Waals surface area contributed by atoms with E-state index in [9.17, 15) is 0 Å². The minimum Gasteiger partial charge on any atom is -0.356 e. The Morgan fingerprint density at radius 1 is 1.55 bits per heavy atom. The van der Waals surface area contributed by atoms with E-state index in [-0.39, 0.29) is 0 Å². The number of thiophene rings is 1. The summed E-state index contributed by atoms with van der Waals surface area (Å²) in [5, 5.41) is 5.70. The number of guanidine groups is 1. The van der Waals surface area contributed by atoms with Crippen molar-refractivity contribution in [1.29, 1.82) is 0 Å². The van der Waals surface area contributed by atoms with Crippen molar-refractivity contribution >= 4 is 17.3 Å². The van der Waals surface area contributed by atoms with Gasteiger partial charge in [-0.1, -0.05) is 26.8 Å². The fraction of sp³-hybridized carbons (Fsp3) is 0.688. The molecular weight excluding hydrogens is 266 g/mol. The monoisotopic (exact) mass is 293 g/mol. The lowest BCUT2D eigenvalue weighted by molar-refractivity contribution is 0.368. The van der Waals surface area contributed by atoms with E-state index >= 15 is 0 Å². The van der Waals surface area contributed by atoms with Gasteiger partial charge in [-0.05, 0) is 35.6 Å². The van der Waals surface area contributed by atoms with Crippen molar-refractivity contribution in [2.24, 2.45) is 16.3 Å². The predicted molar refractivity (Wildman–Crippen MR) is 88.5 cm³/mol. The average molecular weight is 293 g/mol. The average Bonchev–Trinajstić information content (AvgIpc) is 3.00. The Kier molecular flexibility index (Phi) is 5.08. The molecule has 2 heterocycles. The Bertz CT molecular complexity index is 437. The molecule has 2 rings (SSSR count). The summed E-state index contributed by atoms with van der Waals surface area (Å²) in [6.45, 7) is 10.2. The zero-order chi connectivity index (χ0) is 14.6. The molecule has 1 fully saturated rings. The Morgan fingerprint density at radius 3 is 2.90 bits per heavy atom. The summed E-state index contributed by atoms with van der Waals surface area (Å²) < 4.78 is 0. The van der Waals surface area contributed by atoms with Crippen LogP contribution in [0.3, 0.4) is 0 Å². The quantitative estimate of drug-likeness (QED) is 0.682. The van der Waals surface area contributed by atoms with Crippen LogP contribution in [0.2, 0.25) is 0 Å². The van der Waals surface area contributed by atoms with Crippen molar-refractivity contribution < 1.29 is 0 Å². The normalized spacial score (nSPS) is 20.2. The Hall–Kier alpha value is -1.03. The SMILES string of the molecule is CN=C(NCC(C)Cc1cccs1)N1CCC(C)(C)C1. The summed E-state index contributed by atoms with van der Waals surface area (Å²) in [7, 11) is 1.89. The molecule has 0 spiro atoms. The molecule has 0 amide bonds. The number of likely N-dealkylation sites (tertiary alicyclic amines) is 1. The van der Waals surface area contributed by atoms with Crippen LogP contribution in [0.1, 0.15) is 32.1 Å². The maximum Gasteiger partial charge on any atom is 0.193 e. The number of nitrogens with one attached hydrogen (secondary N) is 1. The van der Waals surface area contributed by atoms with E-state index in [1.165, 1.54) is 11.3 Å². The van der Waals surface area contributed by atoms with Crippen LogP contribution in [0.5, 0.6) is 0 Å². The first kappa shape index (κ1) is 15.4. The van der Waals surface area contributed by atoms with Gasteiger partial charge in [0.05, 0.1) is 0 Å². The number of aliphatic imine (C=N–C) groups is 1. The molecule has 0 radical (unpaired) electrons. The van der Waals surface area contributed by atoms with Crippen molar-refractivity contribution in [1.82, 2.24) is 10.2 Å². The smallest absolute Gasteiger partial charge is 0.193 e. The molecule has 0 aliphatic carbocycles. The van der Waals surface area contributed by atoms with E-state index in [1.807, 2.05) is 18.4 Å². The van der Waals surface area contributed by atoms with Crippen molar-refractivity contribution in [2.75, 3.05) is 26.7 Å². The first-order chi connectivity index (χ1) is 9.50. The maximum atomic E-state index is 4.44. The molecule has 1 saturated heterocycles. The van der Waals surface area contributed by atoms with Gasteiger partial charge in [0.2, 0.25) is 0 Å². The lowest BCUT2D eigenvalue weighted by Gasteiger charge is -2.24. The predicted octanol–water partition coefficient (Wildman–Crippen LogP) is 3.23. The first-order valence-corrected chi connectivity index (χ1v) is 8.36. The molecule has 20 heavy (non-hydrogen) atoms. The maximum absolute atomic E-state index is 4.44. The Morgan fingerprint density at radius 2 is 2.35 bits per heavy atom. The molecule has 4 heteroatoms. The third-order valence-corrected chi connectivity index (χ3v) is 4.83. The Balaban J connectivity index is 1.79. The van der Waals surface area contributed by atoms with E-state index in [0.717, 1.165) is 32.0 Å². The topological polar surface area (TPSA) is 27.6 Å². The van der Waals surface area contributed by atoms with Crippen LogP contribution in [-0.4, -0.2) is 37.5 Å². The summed E-state index contributed by atoms with van der Waals surface area (Å²) in [5.41, 5.74) is 0.417. The van der Waals surface area contributed by atoms with Crippen LogP contribution in [0.25, 0.3) is 0 Å². The summed E-state index contributed by atoms with van der Waals surface area (Å²) in [6.07, 6.45) is 2.39. The van der Waals surface area contributed by atoms with Crippen LogP contribution >= 0.6 is 11.3 Å². The lowest BCUT2D eigenvalue weighted by Crippen LogP contribution is -2.42. The van der Waals surface area contributed by atoms with Gasteiger partial charge in [-0.3, -0.25) is 4.99 Å². The third-order valence-electron chi connectivity index (χ3n) is 3.93. The minimum absolute atomic E-state index is 0.417. The van der Waals surface area contributed by atoms with Gasteiger partial charge in [-0.25, -0.2) is 0 Å². The molecule has 1 unspecified atom stereocenters. The van der Waals surface area contributed by atoms with E-state index in [0.29, 0.717) is 11.3 Å². The molecular formula is C16H27N3S. The van der Waals surface area contributed by atoms with Gasteiger partial charge >= 0.3 is 0 Å². The summed E-state index contributed by atoms with van der Waals surface area (Å²) in [5.74, 6) is 1.69. The second-order valence-corrected chi connectivity index (χ2v) is 7.68. The number of rotatable bonds is 4. The molecule has 1 aliphatic rings. The van der Waals surface area contributed by atoms with Crippen molar-refractivity contribution in [2.45, 2.75) is 33.6 Å². The number of nitrogens with zero attached hydrogens (tertiary/aromatic N) is 2. The summed E-state index contributed by atoms with van der Waals surface area (Å²) in [6, 6.07) is 4.35. The molecule has 1 aliphatic heterocycles. The third kappa shape index (κ3) is 4.23. The highest BCUT2D eigenvalue weighted by Crippen LogP contribution is 2.28.